The highest BCUT2D eigenvalue weighted by Crippen LogP contribution is 2.55. The van der Waals surface area contributed by atoms with Gasteiger partial charge in [-0.3, -0.25) is 4.79 Å². The zero-order valence-corrected chi connectivity index (χ0v) is 15.7. The molecule has 0 radical (unpaired) electrons. The lowest BCUT2D eigenvalue weighted by molar-refractivity contribution is -0.121. The van der Waals surface area contributed by atoms with Gasteiger partial charge in [-0.15, -0.1) is 0 Å². The summed E-state index contributed by atoms with van der Waals surface area (Å²) in [6, 6.07) is 0.164. The summed E-state index contributed by atoms with van der Waals surface area (Å²) >= 11 is 0. The van der Waals surface area contributed by atoms with E-state index < -0.39 is 0 Å². The Morgan fingerprint density at radius 2 is 1.64 bits per heavy atom. The molecular weight excluding hydrogens is 316 g/mol. The minimum Gasteiger partial charge on any atom is -0.354 e. The maximum Gasteiger partial charge on any atom is 0.315 e. The van der Waals surface area contributed by atoms with Gasteiger partial charge in [0.15, 0.2) is 0 Å². The van der Waals surface area contributed by atoms with Gasteiger partial charge in [0.1, 0.15) is 0 Å². The predicted octanol–water partition coefficient (Wildman–Crippen LogP) is 1.76. The average Bonchev–Trinajstić information content (AvgIpc) is 2.51. The van der Waals surface area contributed by atoms with Gasteiger partial charge in [0.05, 0.1) is 0 Å². The summed E-state index contributed by atoms with van der Waals surface area (Å²) in [7, 11) is 0. The summed E-state index contributed by atoms with van der Waals surface area (Å²) in [5, 5.41) is 12.3. The van der Waals surface area contributed by atoms with Crippen molar-refractivity contribution < 1.29 is 9.59 Å². The van der Waals surface area contributed by atoms with Crippen molar-refractivity contribution in [3.63, 3.8) is 0 Å². The highest BCUT2D eigenvalue weighted by Gasteiger charge is 2.51. The Balaban J connectivity index is 1.34. The number of carbonyl (C=O) groups is 2. The Morgan fingerprint density at radius 3 is 2.20 bits per heavy atom. The van der Waals surface area contributed by atoms with Crippen molar-refractivity contribution in [1.29, 1.82) is 0 Å². The maximum atomic E-state index is 12.3. The lowest BCUT2D eigenvalue weighted by Gasteiger charge is -2.56. The molecule has 142 valence electrons. The largest absolute Gasteiger partial charge is 0.354 e. The first-order valence-electron chi connectivity index (χ1n) is 10.0. The van der Waals surface area contributed by atoms with Crippen LogP contribution in [0.25, 0.3) is 0 Å². The van der Waals surface area contributed by atoms with Crippen molar-refractivity contribution in [2.24, 2.45) is 17.8 Å². The van der Waals surface area contributed by atoms with Gasteiger partial charge in [-0.2, -0.15) is 0 Å². The molecule has 4 rings (SSSR count). The summed E-state index contributed by atoms with van der Waals surface area (Å²) in [6.07, 6.45) is 7.88. The SMILES string of the molecule is CCN[C@H](C)CNC(=O)CCNC(=O)NC12CC3CC(CC(C3)C1)C2. The molecule has 3 amide bonds. The molecule has 4 fully saturated rings. The molecule has 0 aromatic heterocycles. The fourth-order valence-corrected chi connectivity index (χ4v) is 5.61. The van der Waals surface area contributed by atoms with E-state index in [1.807, 2.05) is 13.8 Å². The molecule has 6 heteroatoms. The minimum atomic E-state index is -0.101. The van der Waals surface area contributed by atoms with E-state index in [-0.39, 0.29) is 23.5 Å². The monoisotopic (exact) mass is 350 g/mol. The Kier molecular flexibility index (Phi) is 5.87. The molecule has 25 heavy (non-hydrogen) atoms. The number of amides is 3. The summed E-state index contributed by atoms with van der Waals surface area (Å²) in [6.45, 7) is 5.99. The predicted molar refractivity (Wildman–Crippen MR) is 98.2 cm³/mol. The molecule has 4 bridgehead atoms. The van der Waals surface area contributed by atoms with Crippen molar-refractivity contribution in [1.82, 2.24) is 21.3 Å². The zero-order valence-electron chi connectivity index (χ0n) is 15.7. The summed E-state index contributed by atoms with van der Waals surface area (Å²) in [5.74, 6) is 2.43. The highest BCUT2D eigenvalue weighted by atomic mass is 16.2. The van der Waals surface area contributed by atoms with Gasteiger partial charge in [-0.25, -0.2) is 4.79 Å². The van der Waals surface area contributed by atoms with Crippen molar-refractivity contribution in [2.75, 3.05) is 19.6 Å². The van der Waals surface area contributed by atoms with Crippen molar-refractivity contribution in [3.05, 3.63) is 0 Å². The molecule has 6 nitrogen and oxygen atoms in total. The second-order valence-corrected chi connectivity index (χ2v) is 8.59. The number of carbonyl (C=O) groups excluding carboxylic acids is 2. The van der Waals surface area contributed by atoms with E-state index in [0.29, 0.717) is 19.5 Å². The molecule has 0 saturated heterocycles. The summed E-state index contributed by atoms with van der Waals surface area (Å²) in [5.41, 5.74) is 0.0301. The molecule has 4 aliphatic rings. The first-order valence-corrected chi connectivity index (χ1v) is 10.0. The quantitative estimate of drug-likeness (QED) is 0.538. The zero-order chi connectivity index (χ0) is 17.9. The van der Waals surface area contributed by atoms with E-state index in [0.717, 1.165) is 43.6 Å². The Labute approximate surface area is 151 Å². The van der Waals surface area contributed by atoms with Gasteiger partial charge in [0, 0.05) is 31.1 Å². The number of urea groups is 1. The Bertz CT molecular complexity index is 459. The van der Waals surface area contributed by atoms with Crippen LogP contribution in [0.5, 0.6) is 0 Å². The number of rotatable bonds is 8. The third kappa shape index (κ3) is 4.87. The van der Waals surface area contributed by atoms with Crippen molar-refractivity contribution in [3.8, 4) is 0 Å². The lowest BCUT2D eigenvalue weighted by atomic mass is 9.53. The van der Waals surface area contributed by atoms with E-state index in [4.69, 9.17) is 0 Å². The molecule has 0 aromatic carbocycles. The van der Waals surface area contributed by atoms with Crippen LogP contribution in [0.1, 0.15) is 58.8 Å². The van der Waals surface area contributed by atoms with Crippen molar-refractivity contribution in [2.45, 2.75) is 70.4 Å². The molecule has 0 aliphatic heterocycles. The van der Waals surface area contributed by atoms with Crippen LogP contribution in [0.15, 0.2) is 0 Å². The van der Waals surface area contributed by atoms with E-state index in [2.05, 4.69) is 21.3 Å². The molecule has 0 unspecified atom stereocenters. The second-order valence-electron chi connectivity index (χ2n) is 8.59. The van der Waals surface area contributed by atoms with Crippen LogP contribution in [0, 0.1) is 17.8 Å². The van der Waals surface area contributed by atoms with E-state index >= 15 is 0 Å². The smallest absolute Gasteiger partial charge is 0.315 e. The van der Waals surface area contributed by atoms with E-state index in [9.17, 15) is 9.59 Å². The highest BCUT2D eigenvalue weighted by molar-refractivity contribution is 5.78. The van der Waals surface area contributed by atoms with Crippen LogP contribution in [-0.4, -0.2) is 43.2 Å². The van der Waals surface area contributed by atoms with Crippen LogP contribution >= 0.6 is 0 Å². The van der Waals surface area contributed by atoms with Crippen LogP contribution in [0.4, 0.5) is 4.79 Å². The molecule has 0 aromatic rings. The van der Waals surface area contributed by atoms with Crippen LogP contribution in [0.3, 0.4) is 0 Å². The number of likely N-dealkylation sites (N-methyl/N-ethyl adjacent to an activating group) is 1. The van der Waals surface area contributed by atoms with Gasteiger partial charge < -0.3 is 21.3 Å². The Hall–Kier alpha value is -1.30. The topological polar surface area (TPSA) is 82.3 Å². The summed E-state index contributed by atoms with van der Waals surface area (Å²) in [4.78, 5) is 24.1. The molecule has 4 aliphatic carbocycles. The molecule has 0 spiro atoms. The van der Waals surface area contributed by atoms with Crippen molar-refractivity contribution >= 4 is 11.9 Å². The van der Waals surface area contributed by atoms with Gasteiger partial charge in [-0.05, 0) is 69.7 Å². The van der Waals surface area contributed by atoms with Gasteiger partial charge in [0.2, 0.25) is 5.91 Å². The summed E-state index contributed by atoms with van der Waals surface area (Å²) < 4.78 is 0. The number of nitrogens with one attached hydrogen (secondary N) is 4. The fourth-order valence-electron chi connectivity index (χ4n) is 5.61. The average molecular weight is 351 g/mol. The molecule has 0 heterocycles. The van der Waals surface area contributed by atoms with Crippen LogP contribution in [0.2, 0.25) is 0 Å². The minimum absolute atomic E-state index is 0.0140. The first-order chi connectivity index (χ1) is 12.0. The Morgan fingerprint density at radius 1 is 1.04 bits per heavy atom. The van der Waals surface area contributed by atoms with Crippen LogP contribution in [-0.2, 0) is 4.79 Å². The second kappa shape index (κ2) is 7.94. The fraction of sp³-hybridized carbons (Fsp3) is 0.895. The van der Waals surface area contributed by atoms with Crippen LogP contribution < -0.4 is 21.3 Å². The third-order valence-corrected chi connectivity index (χ3v) is 6.21. The molecule has 4 N–H and O–H groups in total. The third-order valence-electron chi connectivity index (χ3n) is 6.21. The molecule has 4 saturated carbocycles. The van der Waals surface area contributed by atoms with E-state index in [1.165, 1.54) is 19.3 Å². The normalized spacial score (nSPS) is 33.8. The maximum absolute atomic E-state index is 12.3. The van der Waals surface area contributed by atoms with Gasteiger partial charge in [0.25, 0.3) is 0 Å². The number of hydrogen-bond donors (Lipinski definition) is 4. The molecular formula is C19H34N4O2. The number of hydrogen-bond acceptors (Lipinski definition) is 3. The first kappa shape index (κ1) is 18.5. The van der Waals surface area contributed by atoms with E-state index in [1.54, 1.807) is 0 Å². The van der Waals surface area contributed by atoms with Gasteiger partial charge in [-0.1, -0.05) is 6.92 Å². The van der Waals surface area contributed by atoms with Gasteiger partial charge >= 0.3 is 6.03 Å². The standard InChI is InChI=1S/C19H34N4O2/c1-3-20-13(2)12-22-17(24)4-5-21-18(25)23-19-9-14-6-15(10-19)8-16(7-14)11-19/h13-16,20H,3-12H2,1-2H3,(H,22,24)(H2,21,23,25)/t13-,14?,15?,16?,19?/m1/s1. The molecule has 1 atom stereocenters. The lowest BCUT2D eigenvalue weighted by Crippen LogP contribution is -2.61.